The molecule has 0 radical (unpaired) electrons. The first-order valence-electron chi connectivity index (χ1n) is 6.84. The van der Waals surface area contributed by atoms with Crippen molar-refractivity contribution < 1.29 is 4.74 Å². The summed E-state index contributed by atoms with van der Waals surface area (Å²) in [5.41, 5.74) is 7.25. The number of nitrogens with one attached hydrogen (secondary N) is 1. The number of ether oxygens (including phenoxy) is 1. The summed E-state index contributed by atoms with van der Waals surface area (Å²) in [4.78, 5) is 3.98. The molecule has 0 atom stereocenters. The molecule has 1 heterocycles. The molecule has 1 aliphatic heterocycles. The Morgan fingerprint density at radius 2 is 1.80 bits per heavy atom. The van der Waals surface area contributed by atoms with E-state index < -0.39 is 0 Å². The first kappa shape index (κ1) is 14.6. The lowest BCUT2D eigenvalue weighted by Gasteiger charge is -2.33. The first-order valence-corrected chi connectivity index (χ1v) is 6.84. The second kappa shape index (κ2) is 4.62. The minimum atomic E-state index is -0.264. The molecule has 1 aromatic rings. The highest BCUT2D eigenvalue weighted by atomic mass is 16.5. The van der Waals surface area contributed by atoms with Gasteiger partial charge >= 0.3 is 0 Å². The van der Waals surface area contributed by atoms with Crippen molar-refractivity contribution in [1.82, 2.24) is 0 Å². The summed E-state index contributed by atoms with van der Waals surface area (Å²) in [6.07, 6.45) is 0.938. The van der Waals surface area contributed by atoms with Crippen molar-refractivity contribution in [2.45, 2.75) is 46.6 Å². The van der Waals surface area contributed by atoms with Gasteiger partial charge in [-0.3, -0.25) is 5.41 Å². The van der Waals surface area contributed by atoms with E-state index in [0.29, 0.717) is 5.84 Å². The van der Waals surface area contributed by atoms with Crippen LogP contribution in [0.1, 0.15) is 52.2 Å². The Labute approximate surface area is 120 Å². The number of rotatable bonds is 3. The Hall–Kier alpha value is -1.84. The van der Waals surface area contributed by atoms with E-state index >= 15 is 0 Å². The van der Waals surface area contributed by atoms with E-state index in [2.05, 4.69) is 39.6 Å². The zero-order valence-electron chi connectivity index (χ0n) is 12.9. The van der Waals surface area contributed by atoms with Crippen molar-refractivity contribution in [3.63, 3.8) is 0 Å². The maximum absolute atomic E-state index is 7.81. The SMILES string of the molecule is CC(C)(C)CC(C)(C)Oc1ccc2c(c1)C(=N)N=C2N. The molecule has 0 saturated carbocycles. The van der Waals surface area contributed by atoms with Gasteiger partial charge in [0.1, 0.15) is 17.2 Å². The van der Waals surface area contributed by atoms with Crippen LogP contribution in [0, 0.1) is 10.8 Å². The monoisotopic (exact) mass is 273 g/mol. The summed E-state index contributed by atoms with van der Waals surface area (Å²) in [6.45, 7) is 10.8. The molecule has 0 aromatic heterocycles. The van der Waals surface area contributed by atoms with E-state index in [-0.39, 0.29) is 16.9 Å². The third-order valence-corrected chi connectivity index (χ3v) is 3.10. The van der Waals surface area contributed by atoms with Gasteiger partial charge in [-0.25, -0.2) is 4.99 Å². The lowest BCUT2D eigenvalue weighted by Crippen LogP contribution is -2.33. The quantitative estimate of drug-likeness (QED) is 0.886. The van der Waals surface area contributed by atoms with Crippen LogP contribution in [0.5, 0.6) is 5.75 Å². The average molecular weight is 273 g/mol. The van der Waals surface area contributed by atoms with Crippen molar-refractivity contribution in [2.75, 3.05) is 0 Å². The van der Waals surface area contributed by atoms with Crippen LogP contribution in [0.15, 0.2) is 23.2 Å². The van der Waals surface area contributed by atoms with Crippen LogP contribution in [0.4, 0.5) is 0 Å². The maximum atomic E-state index is 7.81. The molecule has 0 saturated heterocycles. The number of nitrogens with zero attached hydrogens (tertiary/aromatic N) is 1. The predicted molar refractivity (Wildman–Crippen MR) is 82.8 cm³/mol. The highest BCUT2D eigenvalue weighted by molar-refractivity contribution is 6.20. The van der Waals surface area contributed by atoms with Crippen molar-refractivity contribution in [3.8, 4) is 5.75 Å². The van der Waals surface area contributed by atoms with Crippen LogP contribution in [0.2, 0.25) is 0 Å². The number of nitrogens with two attached hydrogens (primary N) is 1. The summed E-state index contributed by atoms with van der Waals surface area (Å²) in [7, 11) is 0. The molecule has 0 fully saturated rings. The van der Waals surface area contributed by atoms with Crippen molar-refractivity contribution in [1.29, 1.82) is 5.41 Å². The van der Waals surface area contributed by atoms with Gasteiger partial charge in [-0.1, -0.05) is 20.8 Å². The Morgan fingerprint density at radius 3 is 2.40 bits per heavy atom. The lowest BCUT2D eigenvalue weighted by atomic mass is 9.83. The zero-order valence-corrected chi connectivity index (χ0v) is 12.9. The highest BCUT2D eigenvalue weighted by Gasteiger charge is 2.28. The number of hydrogen-bond donors (Lipinski definition) is 2. The Balaban J connectivity index is 2.21. The topological polar surface area (TPSA) is 71.5 Å². The standard InChI is InChI=1S/C16H23N3O/c1-15(2,3)9-16(4,5)20-10-6-7-11-12(8-10)14(18)19-13(11)17/h6-8H,9H2,1-5H3,(H3,17,18,19). The Bertz CT molecular complexity index is 580. The highest BCUT2D eigenvalue weighted by Crippen LogP contribution is 2.32. The van der Waals surface area contributed by atoms with Gasteiger partial charge in [-0.15, -0.1) is 0 Å². The van der Waals surface area contributed by atoms with Gasteiger partial charge < -0.3 is 10.5 Å². The van der Waals surface area contributed by atoms with Crippen LogP contribution in [0.25, 0.3) is 0 Å². The molecule has 0 aliphatic carbocycles. The smallest absolute Gasteiger partial charge is 0.155 e. The molecule has 3 N–H and O–H groups in total. The Morgan fingerprint density at radius 1 is 1.15 bits per heavy atom. The summed E-state index contributed by atoms with van der Waals surface area (Å²) >= 11 is 0. The molecule has 4 heteroatoms. The number of aliphatic imine (C=N–C) groups is 1. The summed E-state index contributed by atoms with van der Waals surface area (Å²) in [5.74, 6) is 1.37. The van der Waals surface area contributed by atoms with E-state index in [9.17, 15) is 0 Å². The second-order valence-electron chi connectivity index (χ2n) is 7.15. The minimum absolute atomic E-state index is 0.195. The number of amidine groups is 2. The zero-order chi connectivity index (χ0) is 15.1. The third kappa shape index (κ3) is 3.18. The minimum Gasteiger partial charge on any atom is -0.488 e. The van der Waals surface area contributed by atoms with Gasteiger partial charge in [-0.05, 0) is 43.9 Å². The van der Waals surface area contributed by atoms with Crippen molar-refractivity contribution >= 4 is 11.7 Å². The predicted octanol–water partition coefficient (Wildman–Crippen LogP) is 3.32. The van der Waals surface area contributed by atoms with Crippen LogP contribution in [-0.2, 0) is 0 Å². The number of hydrogen-bond acceptors (Lipinski definition) is 3. The van der Waals surface area contributed by atoms with E-state index in [4.69, 9.17) is 15.9 Å². The number of benzene rings is 1. The van der Waals surface area contributed by atoms with Gasteiger partial charge in [0.05, 0.1) is 0 Å². The van der Waals surface area contributed by atoms with Gasteiger partial charge in [-0.2, -0.15) is 0 Å². The van der Waals surface area contributed by atoms with Gasteiger partial charge in [0.2, 0.25) is 0 Å². The molecular weight excluding hydrogens is 250 g/mol. The molecule has 1 aliphatic rings. The van der Waals surface area contributed by atoms with E-state index in [1.165, 1.54) is 0 Å². The molecule has 0 unspecified atom stereocenters. The molecule has 0 spiro atoms. The fourth-order valence-electron chi connectivity index (χ4n) is 2.88. The van der Waals surface area contributed by atoms with Crippen LogP contribution in [-0.4, -0.2) is 17.3 Å². The van der Waals surface area contributed by atoms with E-state index in [0.717, 1.165) is 23.3 Å². The third-order valence-electron chi connectivity index (χ3n) is 3.10. The summed E-state index contributed by atoms with van der Waals surface area (Å²) < 4.78 is 6.10. The van der Waals surface area contributed by atoms with Gasteiger partial charge in [0.25, 0.3) is 0 Å². The molecule has 1 aromatic carbocycles. The van der Waals surface area contributed by atoms with Gasteiger partial charge in [0.15, 0.2) is 5.84 Å². The van der Waals surface area contributed by atoms with Crippen molar-refractivity contribution in [3.05, 3.63) is 29.3 Å². The fraction of sp³-hybridized carbons (Fsp3) is 0.500. The van der Waals surface area contributed by atoms with E-state index in [1.54, 1.807) is 0 Å². The largest absolute Gasteiger partial charge is 0.488 e. The Kier molecular flexibility index (Phi) is 3.36. The second-order valence-corrected chi connectivity index (χ2v) is 7.15. The normalized spacial score (nSPS) is 15.1. The molecule has 20 heavy (non-hydrogen) atoms. The average Bonchev–Trinajstić information content (AvgIpc) is 2.50. The molecule has 0 bridgehead atoms. The molecule has 2 rings (SSSR count). The molecule has 0 amide bonds. The molecular formula is C16H23N3O. The maximum Gasteiger partial charge on any atom is 0.155 e. The first-order chi connectivity index (χ1) is 9.07. The van der Waals surface area contributed by atoms with Crippen LogP contribution < -0.4 is 10.5 Å². The summed E-state index contributed by atoms with van der Waals surface area (Å²) in [6, 6.07) is 5.62. The summed E-state index contributed by atoms with van der Waals surface area (Å²) in [5, 5.41) is 7.81. The number of fused-ring (bicyclic) bond motifs is 1. The van der Waals surface area contributed by atoms with E-state index in [1.807, 2.05) is 18.2 Å². The van der Waals surface area contributed by atoms with Crippen molar-refractivity contribution in [2.24, 2.45) is 16.1 Å². The van der Waals surface area contributed by atoms with Crippen LogP contribution >= 0.6 is 0 Å². The molecule has 108 valence electrons. The van der Waals surface area contributed by atoms with Crippen LogP contribution in [0.3, 0.4) is 0 Å². The molecule has 4 nitrogen and oxygen atoms in total. The van der Waals surface area contributed by atoms with Gasteiger partial charge in [0, 0.05) is 11.1 Å². The lowest BCUT2D eigenvalue weighted by molar-refractivity contribution is 0.0622. The fourth-order valence-corrected chi connectivity index (χ4v) is 2.88.